The van der Waals surface area contributed by atoms with Crippen molar-refractivity contribution >= 4 is 23.4 Å². The van der Waals surface area contributed by atoms with Gasteiger partial charge in [0, 0.05) is 23.4 Å². The van der Waals surface area contributed by atoms with E-state index in [9.17, 15) is 9.59 Å². The lowest BCUT2D eigenvalue weighted by molar-refractivity contribution is -0.137. The molecule has 0 saturated carbocycles. The van der Waals surface area contributed by atoms with Crippen molar-refractivity contribution in [1.82, 2.24) is 9.88 Å². The fourth-order valence-electron chi connectivity index (χ4n) is 2.66. The predicted molar refractivity (Wildman–Crippen MR) is 102 cm³/mol. The maximum atomic E-state index is 12.4. The Morgan fingerprint density at radius 2 is 2.00 bits per heavy atom. The molecule has 1 aliphatic rings. The van der Waals surface area contributed by atoms with E-state index < -0.39 is 0 Å². The average Bonchev–Trinajstić information content (AvgIpc) is 2.95. The number of nitrogens with zero attached hydrogens (tertiary/aromatic N) is 3. The summed E-state index contributed by atoms with van der Waals surface area (Å²) in [6.07, 6.45) is 7.53. The molecule has 1 aromatic heterocycles. The highest BCUT2D eigenvalue weighted by molar-refractivity contribution is 6.32. The molecule has 0 spiro atoms. The van der Waals surface area contributed by atoms with Crippen molar-refractivity contribution in [3.05, 3.63) is 89.3 Å². The fraction of sp³-hybridized carbons (Fsp3) is 0.0476. The van der Waals surface area contributed by atoms with Crippen molar-refractivity contribution in [2.24, 2.45) is 0 Å². The molecule has 1 aromatic carbocycles. The number of nitriles is 1. The zero-order chi connectivity index (χ0) is 19.4. The van der Waals surface area contributed by atoms with Crippen LogP contribution in [0.2, 0.25) is 5.15 Å². The molecule has 27 heavy (non-hydrogen) atoms. The third-order valence-corrected chi connectivity index (χ3v) is 4.31. The number of aromatic nitrogens is 1. The number of imide groups is 1. The minimum absolute atomic E-state index is 0.0903. The maximum absolute atomic E-state index is 12.4. The molecule has 0 aliphatic carbocycles. The van der Waals surface area contributed by atoms with E-state index in [4.69, 9.17) is 16.9 Å². The van der Waals surface area contributed by atoms with Crippen molar-refractivity contribution in [3.8, 4) is 17.2 Å². The number of hydrogen-bond acceptors (Lipinski definition) is 4. The van der Waals surface area contributed by atoms with Crippen LogP contribution in [0.4, 0.5) is 0 Å². The summed E-state index contributed by atoms with van der Waals surface area (Å²) in [7, 11) is 0. The van der Waals surface area contributed by atoms with Gasteiger partial charge in [0.05, 0.1) is 18.2 Å². The quantitative estimate of drug-likeness (QED) is 0.452. The molecule has 3 rings (SSSR count). The van der Waals surface area contributed by atoms with E-state index in [-0.39, 0.29) is 18.4 Å². The smallest absolute Gasteiger partial charge is 0.261 e. The molecule has 6 heteroatoms. The highest BCUT2D eigenvalue weighted by atomic mass is 35.5. The SMILES string of the molecule is C=C/C=C\C1=CC(=O)N(Cc2cnc(Cl)c(-c3ccc(C#N)cc3)c2)C1=O. The van der Waals surface area contributed by atoms with Crippen molar-refractivity contribution in [1.29, 1.82) is 5.26 Å². The third kappa shape index (κ3) is 3.86. The number of halogens is 1. The van der Waals surface area contributed by atoms with Gasteiger partial charge in [-0.05, 0) is 35.4 Å². The first-order chi connectivity index (χ1) is 13.0. The van der Waals surface area contributed by atoms with Crippen molar-refractivity contribution < 1.29 is 9.59 Å². The zero-order valence-corrected chi connectivity index (χ0v) is 15.0. The average molecular weight is 376 g/mol. The summed E-state index contributed by atoms with van der Waals surface area (Å²) < 4.78 is 0. The van der Waals surface area contributed by atoms with E-state index >= 15 is 0 Å². The molecular weight excluding hydrogens is 362 g/mol. The Hall–Kier alpha value is -3.49. The second-order valence-corrected chi connectivity index (χ2v) is 6.15. The maximum Gasteiger partial charge on any atom is 0.261 e. The lowest BCUT2D eigenvalue weighted by atomic mass is 10.0. The molecule has 0 atom stereocenters. The van der Waals surface area contributed by atoms with Gasteiger partial charge in [-0.25, -0.2) is 4.98 Å². The Labute approximate surface area is 161 Å². The van der Waals surface area contributed by atoms with Gasteiger partial charge >= 0.3 is 0 Å². The molecule has 0 fully saturated rings. The second kappa shape index (κ2) is 7.81. The largest absolute Gasteiger partial charge is 0.270 e. The first-order valence-corrected chi connectivity index (χ1v) is 8.43. The summed E-state index contributed by atoms with van der Waals surface area (Å²) in [5.41, 5.74) is 2.98. The topological polar surface area (TPSA) is 74.1 Å². The van der Waals surface area contributed by atoms with Gasteiger partial charge in [0.2, 0.25) is 0 Å². The van der Waals surface area contributed by atoms with Gasteiger partial charge in [-0.2, -0.15) is 5.26 Å². The van der Waals surface area contributed by atoms with Crippen LogP contribution in [0.3, 0.4) is 0 Å². The summed E-state index contributed by atoms with van der Waals surface area (Å²) in [5, 5.41) is 9.21. The predicted octanol–water partition coefficient (Wildman–Crippen LogP) is 3.81. The Balaban J connectivity index is 1.86. The molecule has 1 aliphatic heterocycles. The molecule has 0 saturated heterocycles. The van der Waals surface area contributed by atoms with Crippen molar-refractivity contribution in [3.63, 3.8) is 0 Å². The Morgan fingerprint density at radius 3 is 2.67 bits per heavy atom. The van der Waals surface area contributed by atoms with E-state index in [0.717, 1.165) is 10.5 Å². The van der Waals surface area contributed by atoms with Crippen molar-refractivity contribution in [2.45, 2.75) is 6.54 Å². The van der Waals surface area contributed by atoms with E-state index in [1.54, 1.807) is 42.5 Å². The minimum atomic E-state index is -0.376. The molecule has 0 bridgehead atoms. The van der Waals surface area contributed by atoms with Crippen LogP contribution in [0.5, 0.6) is 0 Å². The molecule has 2 aromatic rings. The number of amides is 2. The molecule has 2 amide bonds. The van der Waals surface area contributed by atoms with Gasteiger partial charge in [0.1, 0.15) is 5.15 Å². The number of carbonyl (C=O) groups is 2. The third-order valence-electron chi connectivity index (χ3n) is 4.01. The summed E-state index contributed by atoms with van der Waals surface area (Å²) >= 11 is 6.21. The lowest BCUT2D eigenvalue weighted by Crippen LogP contribution is -2.30. The molecule has 0 radical (unpaired) electrons. The number of benzene rings is 1. The van der Waals surface area contributed by atoms with Crippen LogP contribution in [0, 0.1) is 11.3 Å². The monoisotopic (exact) mass is 375 g/mol. The fourth-order valence-corrected chi connectivity index (χ4v) is 2.87. The summed E-state index contributed by atoms with van der Waals surface area (Å²) in [6, 6.07) is 10.8. The Bertz CT molecular complexity index is 1030. The molecular formula is C21H14ClN3O2. The minimum Gasteiger partial charge on any atom is -0.270 e. The number of carbonyl (C=O) groups excluding carboxylic acids is 2. The number of rotatable bonds is 5. The molecule has 132 valence electrons. The van der Waals surface area contributed by atoms with Gasteiger partial charge in [0.15, 0.2) is 0 Å². The van der Waals surface area contributed by atoms with Gasteiger partial charge in [0.25, 0.3) is 11.8 Å². The molecule has 2 heterocycles. The second-order valence-electron chi connectivity index (χ2n) is 5.80. The highest BCUT2D eigenvalue weighted by Gasteiger charge is 2.29. The van der Waals surface area contributed by atoms with Crippen LogP contribution in [0.15, 0.2) is 73.0 Å². The highest BCUT2D eigenvalue weighted by Crippen LogP contribution is 2.28. The van der Waals surface area contributed by atoms with Crippen LogP contribution >= 0.6 is 11.6 Å². The standard InChI is InChI=1S/C21H14ClN3O2/c1-2-3-4-17-10-19(26)25(21(17)27)13-15-9-18(20(22)24-12-15)16-7-5-14(11-23)6-8-16/h2-10,12H,1,13H2/b4-3-. The van der Waals surface area contributed by atoms with E-state index in [2.05, 4.69) is 17.6 Å². The van der Waals surface area contributed by atoms with Crippen LogP contribution in [0.1, 0.15) is 11.1 Å². The van der Waals surface area contributed by atoms with Gasteiger partial charge in [-0.1, -0.05) is 42.5 Å². The lowest BCUT2D eigenvalue weighted by Gasteiger charge is -2.15. The van der Waals surface area contributed by atoms with Crippen LogP contribution < -0.4 is 0 Å². The van der Waals surface area contributed by atoms with Gasteiger partial charge in [-0.3, -0.25) is 14.5 Å². The summed E-state index contributed by atoms with van der Waals surface area (Å²) in [4.78, 5) is 29.9. The number of pyridine rings is 1. The summed E-state index contributed by atoms with van der Waals surface area (Å²) in [5.74, 6) is -0.744. The van der Waals surface area contributed by atoms with Crippen molar-refractivity contribution in [2.75, 3.05) is 0 Å². The number of hydrogen-bond donors (Lipinski definition) is 0. The van der Waals surface area contributed by atoms with Crippen LogP contribution in [-0.4, -0.2) is 21.7 Å². The first-order valence-electron chi connectivity index (χ1n) is 8.05. The van der Waals surface area contributed by atoms with E-state index in [0.29, 0.717) is 27.4 Å². The van der Waals surface area contributed by atoms with E-state index in [1.165, 1.54) is 18.3 Å². The number of allylic oxidation sites excluding steroid dienone is 2. The van der Waals surface area contributed by atoms with Crippen LogP contribution in [0.25, 0.3) is 11.1 Å². The molecule has 5 nitrogen and oxygen atoms in total. The van der Waals surface area contributed by atoms with Gasteiger partial charge in [-0.15, -0.1) is 0 Å². The van der Waals surface area contributed by atoms with Crippen LogP contribution in [-0.2, 0) is 16.1 Å². The Morgan fingerprint density at radius 1 is 1.26 bits per heavy atom. The Kier molecular flexibility index (Phi) is 5.30. The molecule has 0 N–H and O–H groups in total. The van der Waals surface area contributed by atoms with E-state index in [1.807, 2.05) is 0 Å². The first kappa shape index (κ1) is 18.3. The summed E-state index contributed by atoms with van der Waals surface area (Å²) in [6.45, 7) is 3.64. The normalized spacial score (nSPS) is 13.8. The molecule has 0 unspecified atom stereocenters. The zero-order valence-electron chi connectivity index (χ0n) is 14.2. The van der Waals surface area contributed by atoms with Gasteiger partial charge < -0.3 is 0 Å².